The van der Waals surface area contributed by atoms with E-state index in [-0.39, 0.29) is 0 Å². The number of nitrogens with zero attached hydrogens (tertiary/aromatic N) is 1. The summed E-state index contributed by atoms with van der Waals surface area (Å²) in [4.78, 5) is 0.795. The molecule has 0 aliphatic heterocycles. The Morgan fingerprint density at radius 3 is 2.06 bits per heavy atom. The molecule has 0 bridgehead atoms. The van der Waals surface area contributed by atoms with Crippen molar-refractivity contribution in [1.29, 1.82) is 0 Å². The van der Waals surface area contributed by atoms with Gasteiger partial charge in [-0.3, -0.25) is 0 Å². The maximum Gasteiger partial charge on any atom is 0.0771 e. The van der Waals surface area contributed by atoms with E-state index in [2.05, 4.69) is 10.4 Å². The minimum absolute atomic E-state index is 0.754. The van der Waals surface area contributed by atoms with Crippen LogP contribution in [0.3, 0.4) is 0 Å². The number of rotatable bonds is 2. The standard InChI is InChI=1S/C15H17NOS/c1-12-9-13(2)11-15(10-12)18(3,17)16-14-7-5-4-6-8-14/h4-11H,1-3H3. The van der Waals surface area contributed by atoms with Crippen LogP contribution in [-0.4, -0.2) is 10.5 Å². The van der Waals surface area contributed by atoms with Crippen molar-refractivity contribution in [1.82, 2.24) is 0 Å². The Hall–Kier alpha value is -1.61. The Morgan fingerprint density at radius 1 is 0.944 bits per heavy atom. The largest absolute Gasteiger partial charge is 0.245 e. The maximum absolute atomic E-state index is 12.7. The first-order valence-corrected chi connectivity index (χ1v) is 7.75. The zero-order chi connectivity index (χ0) is 13.2. The fourth-order valence-corrected chi connectivity index (χ4v) is 3.33. The molecule has 2 nitrogen and oxygen atoms in total. The van der Waals surface area contributed by atoms with Crippen molar-refractivity contribution in [2.24, 2.45) is 4.36 Å². The predicted molar refractivity (Wildman–Crippen MR) is 76.8 cm³/mol. The van der Waals surface area contributed by atoms with Crippen LogP contribution in [0.4, 0.5) is 5.69 Å². The molecule has 0 aliphatic carbocycles. The molecule has 0 spiro atoms. The highest BCUT2D eigenvalue weighted by atomic mass is 32.2. The fourth-order valence-electron chi connectivity index (χ4n) is 1.89. The van der Waals surface area contributed by atoms with Gasteiger partial charge in [-0.2, -0.15) is 4.36 Å². The van der Waals surface area contributed by atoms with E-state index in [0.29, 0.717) is 0 Å². The summed E-state index contributed by atoms with van der Waals surface area (Å²) in [6, 6.07) is 15.4. The van der Waals surface area contributed by atoms with Crippen LogP contribution in [0.2, 0.25) is 0 Å². The fraction of sp³-hybridized carbons (Fsp3) is 0.200. The van der Waals surface area contributed by atoms with Crippen LogP contribution in [0.25, 0.3) is 0 Å². The molecule has 0 N–H and O–H groups in total. The van der Waals surface area contributed by atoms with E-state index in [0.717, 1.165) is 21.7 Å². The monoisotopic (exact) mass is 259 g/mol. The summed E-state index contributed by atoms with van der Waals surface area (Å²) in [5.41, 5.74) is 2.98. The average Bonchev–Trinajstić information content (AvgIpc) is 2.28. The van der Waals surface area contributed by atoms with E-state index in [1.165, 1.54) is 0 Å². The van der Waals surface area contributed by atoms with Crippen LogP contribution in [-0.2, 0) is 9.73 Å². The van der Waals surface area contributed by atoms with Crippen molar-refractivity contribution in [2.45, 2.75) is 18.7 Å². The van der Waals surface area contributed by atoms with Crippen molar-refractivity contribution in [3.05, 3.63) is 59.7 Å². The number of hydrogen-bond donors (Lipinski definition) is 0. The first-order valence-electron chi connectivity index (χ1n) is 5.83. The van der Waals surface area contributed by atoms with Gasteiger partial charge in [0.1, 0.15) is 0 Å². The normalized spacial score (nSPS) is 13.9. The predicted octanol–water partition coefficient (Wildman–Crippen LogP) is 4.09. The molecule has 0 aromatic heterocycles. The van der Waals surface area contributed by atoms with Gasteiger partial charge in [0.2, 0.25) is 0 Å². The lowest BCUT2D eigenvalue weighted by molar-refractivity contribution is 0.680. The Bertz CT molecular complexity index is 648. The summed E-state index contributed by atoms with van der Waals surface area (Å²) < 4.78 is 17.1. The van der Waals surface area contributed by atoms with Crippen LogP contribution >= 0.6 is 0 Å². The third-order valence-corrected chi connectivity index (χ3v) is 4.34. The first kappa shape index (κ1) is 12.8. The topological polar surface area (TPSA) is 29.4 Å². The van der Waals surface area contributed by atoms with E-state index in [1.807, 2.05) is 56.3 Å². The molecule has 0 aliphatic rings. The van der Waals surface area contributed by atoms with Crippen molar-refractivity contribution in [3.8, 4) is 0 Å². The molecule has 0 radical (unpaired) electrons. The molecule has 2 aromatic carbocycles. The minimum atomic E-state index is -2.38. The van der Waals surface area contributed by atoms with Crippen molar-refractivity contribution < 1.29 is 4.21 Å². The quantitative estimate of drug-likeness (QED) is 0.798. The summed E-state index contributed by atoms with van der Waals surface area (Å²) in [6.07, 6.45) is 1.69. The highest BCUT2D eigenvalue weighted by molar-refractivity contribution is 7.93. The van der Waals surface area contributed by atoms with Gasteiger partial charge < -0.3 is 0 Å². The van der Waals surface area contributed by atoms with Gasteiger partial charge in [0.05, 0.1) is 15.4 Å². The van der Waals surface area contributed by atoms with Gasteiger partial charge in [-0.25, -0.2) is 4.21 Å². The molecule has 0 amide bonds. The molecule has 94 valence electrons. The average molecular weight is 259 g/mol. The summed E-state index contributed by atoms with van der Waals surface area (Å²) in [5, 5.41) is 0. The van der Waals surface area contributed by atoms with E-state index in [1.54, 1.807) is 6.26 Å². The number of benzene rings is 2. The maximum atomic E-state index is 12.7. The highest BCUT2D eigenvalue weighted by Gasteiger charge is 2.07. The van der Waals surface area contributed by atoms with Gasteiger partial charge in [-0.15, -0.1) is 0 Å². The van der Waals surface area contributed by atoms with Gasteiger partial charge in [0, 0.05) is 11.2 Å². The van der Waals surface area contributed by atoms with Gasteiger partial charge in [0.25, 0.3) is 0 Å². The highest BCUT2D eigenvalue weighted by Crippen LogP contribution is 2.21. The van der Waals surface area contributed by atoms with Gasteiger partial charge in [0.15, 0.2) is 0 Å². The third kappa shape index (κ3) is 2.99. The van der Waals surface area contributed by atoms with Gasteiger partial charge in [-0.1, -0.05) is 24.3 Å². The molecule has 0 saturated carbocycles. The lowest BCUT2D eigenvalue weighted by atomic mass is 10.2. The summed E-state index contributed by atoms with van der Waals surface area (Å²) >= 11 is 0. The lowest BCUT2D eigenvalue weighted by Gasteiger charge is -2.07. The second-order valence-corrected chi connectivity index (χ2v) is 6.81. The molecule has 2 aromatic rings. The SMILES string of the molecule is Cc1cc(C)cc(S(C)(=O)=Nc2ccccc2)c1. The van der Waals surface area contributed by atoms with E-state index >= 15 is 0 Å². The number of hydrogen-bond acceptors (Lipinski definition) is 2. The molecular weight excluding hydrogens is 242 g/mol. The zero-order valence-corrected chi connectivity index (χ0v) is 11.7. The third-order valence-electron chi connectivity index (χ3n) is 2.67. The molecule has 0 heterocycles. The molecule has 18 heavy (non-hydrogen) atoms. The van der Waals surface area contributed by atoms with E-state index in [9.17, 15) is 4.21 Å². The molecule has 0 saturated heterocycles. The first-order chi connectivity index (χ1) is 8.47. The van der Waals surface area contributed by atoms with Crippen LogP contribution in [0.15, 0.2) is 57.8 Å². The van der Waals surface area contributed by atoms with Crippen LogP contribution in [0.1, 0.15) is 11.1 Å². The zero-order valence-electron chi connectivity index (χ0n) is 10.9. The van der Waals surface area contributed by atoms with Gasteiger partial charge >= 0.3 is 0 Å². The molecular formula is C15H17NOS. The molecule has 1 atom stereocenters. The second-order valence-electron chi connectivity index (χ2n) is 4.55. The molecule has 0 fully saturated rings. The summed E-state index contributed by atoms with van der Waals surface area (Å²) in [5.74, 6) is 0. The molecule has 1 unspecified atom stereocenters. The van der Waals surface area contributed by atoms with E-state index < -0.39 is 9.73 Å². The lowest BCUT2D eigenvalue weighted by Crippen LogP contribution is -1.98. The van der Waals surface area contributed by atoms with Crippen molar-refractivity contribution in [2.75, 3.05) is 6.26 Å². The van der Waals surface area contributed by atoms with Crippen LogP contribution in [0, 0.1) is 13.8 Å². The van der Waals surface area contributed by atoms with Crippen molar-refractivity contribution >= 4 is 15.4 Å². The summed E-state index contributed by atoms with van der Waals surface area (Å²) in [7, 11) is -2.38. The molecule has 2 rings (SSSR count). The Kier molecular flexibility index (Phi) is 3.53. The number of aryl methyl sites for hydroxylation is 2. The van der Waals surface area contributed by atoms with E-state index in [4.69, 9.17) is 0 Å². The Morgan fingerprint density at radius 2 is 1.50 bits per heavy atom. The Balaban J connectivity index is 2.55. The summed E-state index contributed by atoms with van der Waals surface area (Å²) in [6.45, 7) is 4.02. The second kappa shape index (κ2) is 4.94. The minimum Gasteiger partial charge on any atom is -0.245 e. The van der Waals surface area contributed by atoms with Crippen LogP contribution < -0.4 is 0 Å². The molecule has 3 heteroatoms. The van der Waals surface area contributed by atoms with Crippen LogP contribution in [0.5, 0.6) is 0 Å². The smallest absolute Gasteiger partial charge is 0.0771 e. The Labute approximate surface area is 109 Å². The van der Waals surface area contributed by atoms with Crippen molar-refractivity contribution in [3.63, 3.8) is 0 Å². The van der Waals surface area contributed by atoms with Gasteiger partial charge in [-0.05, 0) is 49.2 Å².